The van der Waals surface area contributed by atoms with Crippen LogP contribution in [0.1, 0.15) is 35.9 Å². The summed E-state index contributed by atoms with van der Waals surface area (Å²) in [5, 5.41) is 3.02. The van der Waals surface area contributed by atoms with Gasteiger partial charge in [-0.3, -0.25) is 4.79 Å². The first kappa shape index (κ1) is 19.7. The maximum atomic E-state index is 12.7. The molecule has 28 heavy (non-hydrogen) atoms. The Balaban J connectivity index is 1.69. The third-order valence-electron chi connectivity index (χ3n) is 4.95. The van der Waals surface area contributed by atoms with Gasteiger partial charge in [-0.05, 0) is 62.1 Å². The summed E-state index contributed by atoms with van der Waals surface area (Å²) in [4.78, 5) is 17.0. The fourth-order valence-corrected chi connectivity index (χ4v) is 3.10. The van der Waals surface area contributed by atoms with Crippen molar-refractivity contribution in [3.63, 3.8) is 0 Å². The molecule has 1 atom stereocenters. The number of imidazole rings is 1. The molecule has 1 N–H and O–H groups in total. The number of carbonyl (C=O) groups is 1. The predicted molar refractivity (Wildman–Crippen MR) is 111 cm³/mol. The number of hydrogen-bond acceptors (Lipinski definition) is 3. The van der Waals surface area contributed by atoms with Crippen LogP contribution in [0, 0.1) is 20.8 Å². The smallest absolute Gasteiger partial charge is 0.261 e. The quantitative estimate of drug-likeness (QED) is 0.669. The molecule has 2 aromatic carbocycles. The first-order valence-corrected chi connectivity index (χ1v) is 9.59. The number of ether oxygens (including phenoxy) is 1. The van der Waals surface area contributed by atoms with Crippen LogP contribution in [-0.2, 0) is 11.3 Å². The van der Waals surface area contributed by atoms with Gasteiger partial charge in [0.1, 0.15) is 11.6 Å². The van der Waals surface area contributed by atoms with Gasteiger partial charge in [0.05, 0.1) is 5.69 Å². The molecule has 1 aromatic heterocycles. The highest BCUT2D eigenvalue weighted by Crippen LogP contribution is 2.19. The summed E-state index contributed by atoms with van der Waals surface area (Å²) in [6.45, 7) is 8.44. The maximum absolute atomic E-state index is 12.7. The molecule has 0 saturated carbocycles. The van der Waals surface area contributed by atoms with Gasteiger partial charge in [0.25, 0.3) is 5.91 Å². The largest absolute Gasteiger partial charge is 0.481 e. The van der Waals surface area contributed by atoms with Crippen molar-refractivity contribution in [1.29, 1.82) is 0 Å². The van der Waals surface area contributed by atoms with E-state index in [1.807, 2.05) is 74.0 Å². The van der Waals surface area contributed by atoms with Crippen molar-refractivity contribution in [3.8, 4) is 11.4 Å². The Morgan fingerprint density at radius 1 is 1.14 bits per heavy atom. The summed E-state index contributed by atoms with van der Waals surface area (Å²) in [6, 6.07) is 13.9. The lowest BCUT2D eigenvalue weighted by molar-refractivity contribution is -0.128. The van der Waals surface area contributed by atoms with Gasteiger partial charge in [0.2, 0.25) is 0 Å². The normalized spacial score (nSPS) is 11.9. The molecule has 0 saturated heterocycles. The first-order chi connectivity index (χ1) is 13.5. The fourth-order valence-electron chi connectivity index (χ4n) is 3.10. The number of aromatic nitrogens is 2. The first-order valence-electron chi connectivity index (χ1n) is 9.59. The number of para-hydroxylation sites is 1. The van der Waals surface area contributed by atoms with Gasteiger partial charge in [-0.15, -0.1) is 0 Å². The van der Waals surface area contributed by atoms with E-state index in [2.05, 4.69) is 17.2 Å². The Morgan fingerprint density at radius 3 is 2.61 bits per heavy atom. The van der Waals surface area contributed by atoms with Crippen molar-refractivity contribution in [2.24, 2.45) is 0 Å². The van der Waals surface area contributed by atoms with E-state index in [1.165, 1.54) is 5.56 Å². The third-order valence-corrected chi connectivity index (χ3v) is 4.95. The third kappa shape index (κ3) is 4.42. The number of amides is 1. The molecule has 5 heteroatoms. The molecule has 0 aliphatic heterocycles. The number of rotatable bonds is 7. The van der Waals surface area contributed by atoms with Gasteiger partial charge in [-0.1, -0.05) is 31.2 Å². The summed E-state index contributed by atoms with van der Waals surface area (Å²) in [6.07, 6.45) is 3.77. The van der Waals surface area contributed by atoms with Crippen LogP contribution in [0.4, 0.5) is 0 Å². The van der Waals surface area contributed by atoms with E-state index in [4.69, 9.17) is 4.74 Å². The van der Waals surface area contributed by atoms with E-state index in [0.29, 0.717) is 13.0 Å². The molecule has 3 rings (SSSR count). The Bertz CT molecular complexity index is 962. The molecule has 0 aliphatic rings. The Kier molecular flexibility index (Phi) is 6.14. The molecule has 146 valence electrons. The maximum Gasteiger partial charge on any atom is 0.261 e. The standard InChI is InChI=1S/C23H27N3O2/c1-5-22(28-20-11-10-16(2)17(3)14-20)23(27)25-15-19-8-6-7-9-21(19)26-13-12-24-18(26)4/h6-14,22H,5,15H2,1-4H3,(H,25,27)/t22-/m0/s1. The van der Waals surface area contributed by atoms with Gasteiger partial charge >= 0.3 is 0 Å². The molecule has 1 amide bonds. The molecule has 0 radical (unpaired) electrons. The van der Waals surface area contributed by atoms with Gasteiger partial charge in [0, 0.05) is 18.9 Å². The second-order valence-corrected chi connectivity index (χ2v) is 6.95. The second-order valence-electron chi connectivity index (χ2n) is 6.95. The van der Waals surface area contributed by atoms with Crippen molar-refractivity contribution < 1.29 is 9.53 Å². The Morgan fingerprint density at radius 2 is 1.93 bits per heavy atom. The topological polar surface area (TPSA) is 56.1 Å². The zero-order valence-corrected chi connectivity index (χ0v) is 16.9. The minimum atomic E-state index is -0.524. The number of nitrogens with zero attached hydrogens (tertiary/aromatic N) is 2. The van der Waals surface area contributed by atoms with Crippen LogP contribution in [0.15, 0.2) is 54.9 Å². The minimum absolute atomic E-state index is 0.113. The second kappa shape index (κ2) is 8.74. The van der Waals surface area contributed by atoms with E-state index in [0.717, 1.165) is 28.4 Å². The number of nitrogens with one attached hydrogen (secondary N) is 1. The van der Waals surface area contributed by atoms with Crippen LogP contribution in [-0.4, -0.2) is 21.6 Å². The lowest BCUT2D eigenvalue weighted by Crippen LogP contribution is -2.37. The molecule has 5 nitrogen and oxygen atoms in total. The average Bonchev–Trinajstić information content (AvgIpc) is 3.12. The Labute approximate surface area is 166 Å². The van der Waals surface area contributed by atoms with Gasteiger partial charge in [0.15, 0.2) is 6.10 Å². The molecule has 0 bridgehead atoms. The Hall–Kier alpha value is -3.08. The van der Waals surface area contributed by atoms with E-state index in [-0.39, 0.29) is 5.91 Å². The minimum Gasteiger partial charge on any atom is -0.481 e. The monoisotopic (exact) mass is 377 g/mol. The van der Waals surface area contributed by atoms with Crippen LogP contribution in [0.5, 0.6) is 5.75 Å². The van der Waals surface area contributed by atoms with E-state index in [1.54, 1.807) is 6.20 Å². The summed E-state index contributed by atoms with van der Waals surface area (Å²) < 4.78 is 7.96. The van der Waals surface area contributed by atoms with Crippen LogP contribution in [0.3, 0.4) is 0 Å². The van der Waals surface area contributed by atoms with Crippen molar-refractivity contribution >= 4 is 5.91 Å². The van der Waals surface area contributed by atoms with Crippen molar-refractivity contribution in [2.45, 2.75) is 46.8 Å². The van der Waals surface area contributed by atoms with Crippen molar-refractivity contribution in [3.05, 3.63) is 77.4 Å². The van der Waals surface area contributed by atoms with E-state index in [9.17, 15) is 4.79 Å². The molecule has 0 spiro atoms. The van der Waals surface area contributed by atoms with Gasteiger partial charge < -0.3 is 14.6 Å². The molecular weight excluding hydrogens is 350 g/mol. The summed E-state index contributed by atoms with van der Waals surface area (Å²) >= 11 is 0. The van der Waals surface area contributed by atoms with Crippen LogP contribution < -0.4 is 10.1 Å². The zero-order valence-electron chi connectivity index (χ0n) is 16.9. The van der Waals surface area contributed by atoms with Crippen LogP contribution in [0.25, 0.3) is 5.69 Å². The molecule has 1 heterocycles. The number of aryl methyl sites for hydroxylation is 3. The van der Waals surface area contributed by atoms with Crippen molar-refractivity contribution in [1.82, 2.24) is 14.9 Å². The zero-order chi connectivity index (χ0) is 20.1. The highest BCUT2D eigenvalue weighted by molar-refractivity contribution is 5.81. The number of benzene rings is 2. The molecule has 0 fully saturated rings. The lowest BCUT2D eigenvalue weighted by Gasteiger charge is -2.19. The van der Waals surface area contributed by atoms with Crippen molar-refractivity contribution in [2.75, 3.05) is 0 Å². The SMILES string of the molecule is CC[C@H](Oc1ccc(C)c(C)c1)C(=O)NCc1ccccc1-n1ccnc1C. The van der Waals surface area contributed by atoms with Gasteiger partial charge in [-0.25, -0.2) is 4.98 Å². The van der Waals surface area contributed by atoms with Crippen LogP contribution >= 0.6 is 0 Å². The number of hydrogen-bond donors (Lipinski definition) is 1. The summed E-state index contributed by atoms with van der Waals surface area (Å²) in [7, 11) is 0. The fraction of sp³-hybridized carbons (Fsp3) is 0.304. The molecule has 3 aromatic rings. The molecule has 0 aliphatic carbocycles. The highest BCUT2D eigenvalue weighted by atomic mass is 16.5. The van der Waals surface area contributed by atoms with E-state index >= 15 is 0 Å². The summed E-state index contributed by atoms with van der Waals surface area (Å²) in [5.74, 6) is 1.51. The van der Waals surface area contributed by atoms with E-state index < -0.39 is 6.10 Å². The lowest BCUT2D eigenvalue weighted by atomic mass is 10.1. The van der Waals surface area contributed by atoms with Crippen LogP contribution in [0.2, 0.25) is 0 Å². The predicted octanol–water partition coefficient (Wildman–Crippen LogP) is 4.27. The summed E-state index contributed by atoms with van der Waals surface area (Å²) in [5.41, 5.74) is 4.40. The highest BCUT2D eigenvalue weighted by Gasteiger charge is 2.19. The number of carbonyl (C=O) groups excluding carboxylic acids is 1. The molecule has 0 unspecified atom stereocenters. The average molecular weight is 377 g/mol. The molecular formula is C23H27N3O2. The van der Waals surface area contributed by atoms with Gasteiger partial charge in [-0.2, -0.15) is 0 Å².